The van der Waals surface area contributed by atoms with E-state index < -0.39 is 0 Å². The zero-order chi connectivity index (χ0) is 13.7. The molecule has 2 atom stereocenters. The van der Waals surface area contributed by atoms with Gasteiger partial charge in [-0.05, 0) is 19.3 Å². The van der Waals surface area contributed by atoms with Crippen LogP contribution in [0.4, 0.5) is 0 Å². The monoisotopic (exact) mass is 268 g/mol. The maximum atomic E-state index is 12.2. The second-order valence-electron chi connectivity index (χ2n) is 6.15. The van der Waals surface area contributed by atoms with Crippen molar-refractivity contribution in [2.75, 3.05) is 19.7 Å². The van der Waals surface area contributed by atoms with Gasteiger partial charge in [0.25, 0.3) is 0 Å². The Morgan fingerprint density at radius 3 is 2.79 bits per heavy atom. The first-order valence-electron chi connectivity index (χ1n) is 7.82. The second kappa shape index (κ2) is 7.25. The average molecular weight is 268 g/mol. The highest BCUT2D eigenvalue weighted by Crippen LogP contribution is 2.27. The van der Waals surface area contributed by atoms with Crippen molar-refractivity contribution < 1.29 is 9.53 Å². The SMILES string of the molecule is CC(N)C1CN(C(=O)CCC2CCCCC2)CCO1. The molecule has 0 aromatic carbocycles. The Morgan fingerprint density at radius 1 is 1.37 bits per heavy atom. The molecule has 4 heteroatoms. The summed E-state index contributed by atoms with van der Waals surface area (Å²) in [4.78, 5) is 14.2. The Labute approximate surface area is 116 Å². The van der Waals surface area contributed by atoms with Gasteiger partial charge in [-0.15, -0.1) is 0 Å². The number of rotatable bonds is 4. The van der Waals surface area contributed by atoms with Gasteiger partial charge in [0.1, 0.15) is 0 Å². The summed E-state index contributed by atoms with van der Waals surface area (Å²) in [6.45, 7) is 3.97. The van der Waals surface area contributed by atoms with Gasteiger partial charge >= 0.3 is 0 Å². The van der Waals surface area contributed by atoms with E-state index in [0.717, 1.165) is 18.9 Å². The van der Waals surface area contributed by atoms with Crippen LogP contribution in [0.5, 0.6) is 0 Å². The molecule has 0 spiro atoms. The van der Waals surface area contributed by atoms with Crippen molar-refractivity contribution in [3.8, 4) is 0 Å². The van der Waals surface area contributed by atoms with E-state index in [-0.39, 0.29) is 12.1 Å². The van der Waals surface area contributed by atoms with Crippen LogP contribution in [0.1, 0.15) is 51.9 Å². The minimum absolute atomic E-state index is 0.00561. The number of carbonyl (C=O) groups is 1. The number of morpholine rings is 1. The predicted molar refractivity (Wildman–Crippen MR) is 75.8 cm³/mol. The van der Waals surface area contributed by atoms with Crippen molar-refractivity contribution in [2.45, 2.75) is 64.0 Å². The third-order valence-corrected chi connectivity index (χ3v) is 4.52. The lowest BCUT2D eigenvalue weighted by Gasteiger charge is -2.35. The molecule has 0 aromatic heterocycles. The molecule has 2 rings (SSSR count). The molecule has 1 saturated heterocycles. The maximum absolute atomic E-state index is 12.2. The number of carbonyl (C=O) groups excluding carboxylic acids is 1. The van der Waals surface area contributed by atoms with Gasteiger partial charge in [0.15, 0.2) is 0 Å². The zero-order valence-corrected chi connectivity index (χ0v) is 12.1. The third-order valence-electron chi connectivity index (χ3n) is 4.52. The lowest BCUT2D eigenvalue weighted by Crippen LogP contribution is -2.51. The molecule has 1 aliphatic heterocycles. The Bertz CT molecular complexity index is 288. The highest BCUT2D eigenvalue weighted by molar-refractivity contribution is 5.76. The maximum Gasteiger partial charge on any atom is 0.222 e. The molecule has 4 nitrogen and oxygen atoms in total. The van der Waals surface area contributed by atoms with Crippen LogP contribution >= 0.6 is 0 Å². The molecule has 19 heavy (non-hydrogen) atoms. The first-order chi connectivity index (χ1) is 9.16. The normalized spacial score (nSPS) is 27.3. The van der Waals surface area contributed by atoms with Gasteiger partial charge in [0.05, 0.1) is 12.7 Å². The fourth-order valence-electron chi connectivity index (χ4n) is 3.18. The van der Waals surface area contributed by atoms with E-state index in [9.17, 15) is 4.79 Å². The fourth-order valence-corrected chi connectivity index (χ4v) is 3.18. The molecule has 2 unspecified atom stereocenters. The van der Waals surface area contributed by atoms with Crippen LogP contribution in [-0.2, 0) is 9.53 Å². The summed E-state index contributed by atoms with van der Waals surface area (Å²) in [6, 6.07) is -0.00561. The van der Waals surface area contributed by atoms with Gasteiger partial charge in [0, 0.05) is 25.6 Å². The number of nitrogens with zero attached hydrogens (tertiary/aromatic N) is 1. The molecule has 0 radical (unpaired) electrons. The Kier molecular flexibility index (Phi) is 5.64. The number of ether oxygens (including phenoxy) is 1. The van der Waals surface area contributed by atoms with E-state index in [2.05, 4.69) is 0 Å². The summed E-state index contributed by atoms with van der Waals surface area (Å²) >= 11 is 0. The third kappa shape index (κ3) is 4.46. The summed E-state index contributed by atoms with van der Waals surface area (Å²) < 4.78 is 5.60. The van der Waals surface area contributed by atoms with Crippen LogP contribution in [0.15, 0.2) is 0 Å². The van der Waals surface area contributed by atoms with E-state index in [1.165, 1.54) is 32.1 Å². The topological polar surface area (TPSA) is 55.6 Å². The zero-order valence-electron chi connectivity index (χ0n) is 12.1. The lowest BCUT2D eigenvalue weighted by molar-refractivity contribution is -0.139. The number of amides is 1. The van der Waals surface area contributed by atoms with Crippen molar-refractivity contribution in [2.24, 2.45) is 11.7 Å². The van der Waals surface area contributed by atoms with Crippen molar-refractivity contribution in [3.05, 3.63) is 0 Å². The largest absolute Gasteiger partial charge is 0.373 e. The van der Waals surface area contributed by atoms with Crippen LogP contribution in [0.3, 0.4) is 0 Å². The molecule has 2 aliphatic rings. The van der Waals surface area contributed by atoms with Crippen LogP contribution in [-0.4, -0.2) is 42.6 Å². The van der Waals surface area contributed by atoms with Crippen molar-refractivity contribution in [1.82, 2.24) is 4.90 Å². The van der Waals surface area contributed by atoms with Crippen LogP contribution < -0.4 is 5.73 Å². The highest BCUT2D eigenvalue weighted by atomic mass is 16.5. The van der Waals surface area contributed by atoms with Gasteiger partial charge < -0.3 is 15.4 Å². The van der Waals surface area contributed by atoms with E-state index in [4.69, 9.17) is 10.5 Å². The summed E-state index contributed by atoms with van der Waals surface area (Å²) in [7, 11) is 0. The molecule has 1 aliphatic carbocycles. The fraction of sp³-hybridized carbons (Fsp3) is 0.933. The summed E-state index contributed by atoms with van der Waals surface area (Å²) in [6.07, 6.45) is 8.50. The van der Waals surface area contributed by atoms with Crippen LogP contribution in [0.25, 0.3) is 0 Å². The standard InChI is InChI=1S/C15H28N2O2/c1-12(16)14-11-17(9-10-19-14)15(18)8-7-13-5-3-2-4-6-13/h12-14H,2-11,16H2,1H3. The van der Waals surface area contributed by atoms with Crippen LogP contribution in [0, 0.1) is 5.92 Å². The molecule has 0 aromatic rings. The molecular formula is C15H28N2O2. The summed E-state index contributed by atoms with van der Waals surface area (Å²) in [5.41, 5.74) is 5.86. The van der Waals surface area contributed by atoms with E-state index >= 15 is 0 Å². The number of hydrogen-bond acceptors (Lipinski definition) is 3. The lowest BCUT2D eigenvalue weighted by atomic mass is 9.86. The Balaban J connectivity index is 1.72. The highest BCUT2D eigenvalue weighted by Gasteiger charge is 2.26. The molecular weight excluding hydrogens is 240 g/mol. The van der Waals surface area contributed by atoms with Gasteiger partial charge in [-0.2, -0.15) is 0 Å². The first kappa shape index (κ1) is 14.8. The minimum atomic E-state index is -0.00561. The van der Waals surface area contributed by atoms with Gasteiger partial charge in [-0.3, -0.25) is 4.79 Å². The molecule has 0 bridgehead atoms. The first-order valence-corrected chi connectivity index (χ1v) is 7.82. The van der Waals surface area contributed by atoms with Gasteiger partial charge in [-0.25, -0.2) is 0 Å². The molecule has 110 valence electrons. The molecule has 1 amide bonds. The van der Waals surface area contributed by atoms with Gasteiger partial charge in [0.2, 0.25) is 5.91 Å². The van der Waals surface area contributed by atoms with Gasteiger partial charge in [-0.1, -0.05) is 32.1 Å². The van der Waals surface area contributed by atoms with E-state index in [1.54, 1.807) is 0 Å². The molecule has 1 heterocycles. The minimum Gasteiger partial charge on any atom is -0.373 e. The summed E-state index contributed by atoms with van der Waals surface area (Å²) in [5, 5.41) is 0. The predicted octanol–water partition coefficient (Wildman–Crippen LogP) is 1.92. The number of nitrogens with two attached hydrogens (primary N) is 1. The smallest absolute Gasteiger partial charge is 0.222 e. The second-order valence-corrected chi connectivity index (χ2v) is 6.15. The molecule has 2 fully saturated rings. The van der Waals surface area contributed by atoms with E-state index in [1.807, 2.05) is 11.8 Å². The number of hydrogen-bond donors (Lipinski definition) is 1. The molecule has 2 N–H and O–H groups in total. The van der Waals surface area contributed by atoms with Crippen molar-refractivity contribution >= 4 is 5.91 Å². The van der Waals surface area contributed by atoms with Crippen molar-refractivity contribution in [3.63, 3.8) is 0 Å². The summed E-state index contributed by atoms with van der Waals surface area (Å²) in [5.74, 6) is 1.07. The quantitative estimate of drug-likeness (QED) is 0.847. The molecule has 1 saturated carbocycles. The van der Waals surface area contributed by atoms with Crippen molar-refractivity contribution in [1.29, 1.82) is 0 Å². The average Bonchev–Trinajstić information content (AvgIpc) is 2.46. The Hall–Kier alpha value is -0.610. The van der Waals surface area contributed by atoms with E-state index in [0.29, 0.717) is 25.5 Å². The van der Waals surface area contributed by atoms with Crippen LogP contribution in [0.2, 0.25) is 0 Å². The Morgan fingerprint density at radius 2 is 2.11 bits per heavy atom.